The van der Waals surface area contributed by atoms with Gasteiger partial charge in [0.15, 0.2) is 0 Å². The van der Waals surface area contributed by atoms with Gasteiger partial charge in [0, 0.05) is 19.6 Å². The second-order valence-electron chi connectivity index (χ2n) is 4.32. The van der Waals surface area contributed by atoms with Crippen LogP contribution in [0.3, 0.4) is 0 Å². The number of aliphatic hydroxyl groups is 1. The normalized spacial score (nSPS) is 31.9. The first kappa shape index (κ1) is 10.9. The molecule has 15 heavy (non-hydrogen) atoms. The fourth-order valence-electron chi connectivity index (χ4n) is 2.09. The molecule has 2 aliphatic rings. The van der Waals surface area contributed by atoms with Gasteiger partial charge in [-0.2, -0.15) is 0 Å². The van der Waals surface area contributed by atoms with Crippen LogP contribution in [0.15, 0.2) is 0 Å². The first-order valence-corrected chi connectivity index (χ1v) is 5.48. The summed E-state index contributed by atoms with van der Waals surface area (Å²) >= 11 is 0. The van der Waals surface area contributed by atoms with Crippen molar-refractivity contribution in [3.63, 3.8) is 0 Å². The molecule has 0 aromatic heterocycles. The number of hydrogen-bond donors (Lipinski definition) is 2. The van der Waals surface area contributed by atoms with Crippen LogP contribution in [-0.2, 0) is 9.53 Å². The smallest absolute Gasteiger partial charge is 0.225 e. The molecular weight excluding hydrogens is 196 g/mol. The highest BCUT2D eigenvalue weighted by Crippen LogP contribution is 2.20. The molecule has 1 amide bonds. The highest BCUT2D eigenvalue weighted by molar-refractivity contribution is 5.77. The molecule has 0 aromatic rings. The maximum Gasteiger partial charge on any atom is 0.225 e. The van der Waals surface area contributed by atoms with Gasteiger partial charge in [-0.15, -0.1) is 0 Å². The van der Waals surface area contributed by atoms with E-state index in [1.165, 1.54) is 0 Å². The third kappa shape index (κ3) is 2.68. The fourth-order valence-corrected chi connectivity index (χ4v) is 2.09. The van der Waals surface area contributed by atoms with Crippen LogP contribution >= 0.6 is 0 Å². The lowest BCUT2D eigenvalue weighted by Gasteiger charge is -2.30. The van der Waals surface area contributed by atoms with Crippen LogP contribution in [0.4, 0.5) is 0 Å². The molecule has 0 radical (unpaired) electrons. The van der Waals surface area contributed by atoms with Gasteiger partial charge < -0.3 is 20.1 Å². The number of β-amino-alcohol motifs (C(OH)–C–C–N with tert-alkyl or cyclic N) is 1. The molecule has 5 nitrogen and oxygen atoms in total. The number of ether oxygens (including phenoxy) is 1. The van der Waals surface area contributed by atoms with Gasteiger partial charge in [-0.05, 0) is 13.0 Å². The van der Waals surface area contributed by atoms with Gasteiger partial charge in [-0.1, -0.05) is 0 Å². The zero-order chi connectivity index (χ0) is 10.7. The Balaban J connectivity index is 1.85. The van der Waals surface area contributed by atoms with Gasteiger partial charge in [0.25, 0.3) is 0 Å². The molecule has 0 aromatic carbocycles. The van der Waals surface area contributed by atoms with Crippen LogP contribution in [0, 0.1) is 0 Å². The molecule has 0 aliphatic carbocycles. The molecule has 0 unspecified atom stereocenters. The lowest BCUT2D eigenvalue weighted by Crippen LogP contribution is -2.45. The third-order valence-corrected chi connectivity index (χ3v) is 3.07. The van der Waals surface area contributed by atoms with Crippen LogP contribution < -0.4 is 5.32 Å². The van der Waals surface area contributed by atoms with Crippen molar-refractivity contribution in [2.75, 3.05) is 39.4 Å². The van der Waals surface area contributed by atoms with Crippen molar-refractivity contribution in [3.8, 4) is 0 Å². The van der Waals surface area contributed by atoms with Gasteiger partial charge >= 0.3 is 0 Å². The maximum absolute atomic E-state index is 11.8. The van der Waals surface area contributed by atoms with E-state index in [0.717, 1.165) is 6.54 Å². The number of carbonyl (C=O) groups is 1. The summed E-state index contributed by atoms with van der Waals surface area (Å²) in [5.41, 5.74) is -0.824. The van der Waals surface area contributed by atoms with E-state index in [1.54, 1.807) is 4.90 Å². The molecule has 86 valence electrons. The molecule has 0 spiro atoms. The van der Waals surface area contributed by atoms with E-state index in [-0.39, 0.29) is 12.3 Å². The summed E-state index contributed by atoms with van der Waals surface area (Å²) in [7, 11) is 0. The van der Waals surface area contributed by atoms with E-state index in [4.69, 9.17) is 4.74 Å². The monoisotopic (exact) mass is 214 g/mol. The number of nitrogens with zero attached hydrogens (tertiary/aromatic N) is 1. The van der Waals surface area contributed by atoms with E-state index in [2.05, 4.69) is 5.32 Å². The van der Waals surface area contributed by atoms with Crippen molar-refractivity contribution in [2.24, 2.45) is 0 Å². The van der Waals surface area contributed by atoms with Crippen molar-refractivity contribution >= 4 is 5.91 Å². The van der Waals surface area contributed by atoms with E-state index in [0.29, 0.717) is 39.3 Å². The Morgan fingerprint density at radius 2 is 2.20 bits per heavy atom. The molecule has 0 saturated carbocycles. The minimum Gasteiger partial charge on any atom is -0.388 e. The number of carbonyl (C=O) groups excluding carboxylic acids is 1. The Morgan fingerprint density at radius 1 is 1.47 bits per heavy atom. The molecule has 0 bridgehead atoms. The van der Waals surface area contributed by atoms with E-state index in [1.807, 2.05) is 0 Å². The Labute approximate surface area is 89.4 Å². The summed E-state index contributed by atoms with van der Waals surface area (Å²) in [6, 6.07) is 0. The molecule has 2 N–H and O–H groups in total. The van der Waals surface area contributed by atoms with Crippen LogP contribution in [0.5, 0.6) is 0 Å². The van der Waals surface area contributed by atoms with E-state index < -0.39 is 5.60 Å². The summed E-state index contributed by atoms with van der Waals surface area (Å²) in [5.74, 6) is 0.0458. The van der Waals surface area contributed by atoms with Crippen molar-refractivity contribution in [3.05, 3.63) is 0 Å². The molecule has 2 saturated heterocycles. The zero-order valence-corrected chi connectivity index (χ0v) is 8.87. The summed E-state index contributed by atoms with van der Waals surface area (Å²) in [6.07, 6.45) is 0.906. The summed E-state index contributed by atoms with van der Waals surface area (Å²) < 4.78 is 5.18. The molecule has 2 aliphatic heterocycles. The fraction of sp³-hybridized carbons (Fsp3) is 0.900. The highest BCUT2D eigenvalue weighted by Gasteiger charge is 2.35. The van der Waals surface area contributed by atoms with Crippen LogP contribution in [-0.4, -0.2) is 60.9 Å². The summed E-state index contributed by atoms with van der Waals surface area (Å²) in [5, 5.41) is 13.1. The average Bonchev–Trinajstić information content (AvgIpc) is 2.66. The van der Waals surface area contributed by atoms with Gasteiger partial charge in [-0.25, -0.2) is 0 Å². The third-order valence-electron chi connectivity index (χ3n) is 3.07. The van der Waals surface area contributed by atoms with Gasteiger partial charge in [0.1, 0.15) is 0 Å². The predicted octanol–water partition coefficient (Wildman–Crippen LogP) is -1.04. The number of hydrogen-bond acceptors (Lipinski definition) is 4. The summed E-state index contributed by atoms with van der Waals surface area (Å²) in [4.78, 5) is 13.6. The second-order valence-corrected chi connectivity index (χ2v) is 4.32. The van der Waals surface area contributed by atoms with Crippen LogP contribution in [0.1, 0.15) is 12.8 Å². The van der Waals surface area contributed by atoms with Gasteiger partial charge in [0.2, 0.25) is 5.91 Å². The lowest BCUT2D eigenvalue weighted by atomic mass is 9.98. The van der Waals surface area contributed by atoms with Crippen molar-refractivity contribution in [1.82, 2.24) is 10.2 Å². The molecule has 5 heteroatoms. The summed E-state index contributed by atoms with van der Waals surface area (Å²) in [6.45, 7) is 3.87. The van der Waals surface area contributed by atoms with Crippen molar-refractivity contribution in [2.45, 2.75) is 18.4 Å². The molecule has 1 atom stereocenters. The quantitative estimate of drug-likeness (QED) is 0.616. The average molecular weight is 214 g/mol. The van der Waals surface area contributed by atoms with Crippen molar-refractivity contribution < 1.29 is 14.6 Å². The topological polar surface area (TPSA) is 61.8 Å². The van der Waals surface area contributed by atoms with Crippen molar-refractivity contribution in [1.29, 1.82) is 0 Å². The second kappa shape index (κ2) is 4.47. The predicted molar refractivity (Wildman–Crippen MR) is 54.5 cm³/mol. The minimum absolute atomic E-state index is 0.0458. The number of nitrogens with one attached hydrogen (secondary N) is 1. The number of rotatable bonds is 2. The van der Waals surface area contributed by atoms with Crippen LogP contribution in [0.2, 0.25) is 0 Å². The Morgan fingerprint density at radius 3 is 2.80 bits per heavy atom. The first-order chi connectivity index (χ1) is 7.20. The number of morpholine rings is 1. The standard InChI is InChI=1S/C10H18N2O3/c13-9(12-3-5-15-6-4-12)7-10(14)1-2-11-8-10/h11,14H,1-8H2/t10-/m1/s1. The Bertz CT molecular complexity index is 233. The number of amides is 1. The molecule has 2 heterocycles. The van der Waals surface area contributed by atoms with Gasteiger partial charge in [-0.3, -0.25) is 4.79 Å². The lowest BCUT2D eigenvalue weighted by molar-refractivity contribution is -0.139. The minimum atomic E-state index is -0.824. The zero-order valence-electron chi connectivity index (χ0n) is 8.87. The molecule has 2 fully saturated rings. The van der Waals surface area contributed by atoms with Gasteiger partial charge in [0.05, 0.1) is 25.2 Å². The SMILES string of the molecule is O=C(C[C@]1(O)CCNC1)N1CCOCC1. The molecule has 2 rings (SSSR count). The first-order valence-electron chi connectivity index (χ1n) is 5.48. The van der Waals surface area contributed by atoms with Crippen LogP contribution in [0.25, 0.3) is 0 Å². The van der Waals surface area contributed by atoms with E-state index in [9.17, 15) is 9.90 Å². The highest BCUT2D eigenvalue weighted by atomic mass is 16.5. The van der Waals surface area contributed by atoms with E-state index >= 15 is 0 Å². The maximum atomic E-state index is 11.8. The Hall–Kier alpha value is -0.650. The molecular formula is C10H18N2O3. The largest absolute Gasteiger partial charge is 0.388 e. The Kier molecular flexibility index (Phi) is 3.23.